The van der Waals surface area contributed by atoms with Crippen LogP contribution in [0.5, 0.6) is 5.75 Å². The standard InChI is InChI=1S/C15H18F3NO2/c16-15(17,18)21-13-3-1-11(2-4-13)10-20-14-9-19-7-5-12(14)6-8-19/h1-4,12,14H,5-10H2/t14-/m0/s1. The van der Waals surface area contributed by atoms with Crippen LogP contribution in [0.4, 0.5) is 13.2 Å². The van der Waals surface area contributed by atoms with E-state index in [2.05, 4.69) is 9.64 Å². The highest BCUT2D eigenvalue weighted by atomic mass is 19.4. The molecule has 0 radical (unpaired) electrons. The van der Waals surface area contributed by atoms with Crippen LogP contribution < -0.4 is 4.74 Å². The highest BCUT2D eigenvalue weighted by Gasteiger charge is 2.34. The quantitative estimate of drug-likeness (QED) is 0.852. The lowest BCUT2D eigenvalue weighted by molar-refractivity contribution is -0.274. The average Bonchev–Trinajstić information content (AvgIpc) is 2.46. The van der Waals surface area contributed by atoms with Crippen molar-refractivity contribution in [1.82, 2.24) is 4.90 Å². The molecule has 3 heterocycles. The van der Waals surface area contributed by atoms with Crippen molar-refractivity contribution < 1.29 is 22.6 Å². The molecular formula is C15H18F3NO2. The first-order chi connectivity index (χ1) is 9.99. The summed E-state index contributed by atoms with van der Waals surface area (Å²) in [6, 6.07) is 5.87. The molecular weight excluding hydrogens is 283 g/mol. The van der Waals surface area contributed by atoms with E-state index in [4.69, 9.17) is 4.74 Å². The lowest BCUT2D eigenvalue weighted by Crippen LogP contribution is -2.51. The third-order valence-corrected chi connectivity index (χ3v) is 4.22. The van der Waals surface area contributed by atoms with Gasteiger partial charge in [0, 0.05) is 6.54 Å². The summed E-state index contributed by atoms with van der Waals surface area (Å²) in [5, 5.41) is 0. The molecule has 21 heavy (non-hydrogen) atoms. The Balaban J connectivity index is 1.51. The molecule has 0 aromatic heterocycles. The van der Waals surface area contributed by atoms with E-state index in [0.29, 0.717) is 12.5 Å². The van der Waals surface area contributed by atoms with Crippen LogP contribution in [0.3, 0.4) is 0 Å². The molecule has 3 nitrogen and oxygen atoms in total. The molecule has 1 aromatic carbocycles. The number of nitrogens with zero attached hydrogens (tertiary/aromatic N) is 1. The van der Waals surface area contributed by atoms with E-state index in [1.807, 2.05) is 0 Å². The van der Waals surface area contributed by atoms with Gasteiger partial charge in [0.05, 0.1) is 12.7 Å². The van der Waals surface area contributed by atoms with Gasteiger partial charge in [-0.3, -0.25) is 0 Å². The van der Waals surface area contributed by atoms with Gasteiger partial charge in [-0.15, -0.1) is 13.2 Å². The molecule has 4 rings (SSSR count). The van der Waals surface area contributed by atoms with Crippen molar-refractivity contribution in [2.45, 2.75) is 31.9 Å². The van der Waals surface area contributed by atoms with E-state index >= 15 is 0 Å². The molecule has 0 aliphatic carbocycles. The summed E-state index contributed by atoms with van der Waals surface area (Å²) in [4.78, 5) is 2.41. The molecule has 0 amide bonds. The van der Waals surface area contributed by atoms with E-state index in [9.17, 15) is 13.2 Å². The minimum Gasteiger partial charge on any atom is -0.406 e. The van der Waals surface area contributed by atoms with Crippen molar-refractivity contribution in [3.05, 3.63) is 29.8 Å². The summed E-state index contributed by atoms with van der Waals surface area (Å²) >= 11 is 0. The molecule has 0 spiro atoms. The highest BCUT2D eigenvalue weighted by Crippen LogP contribution is 2.30. The number of alkyl halides is 3. The molecule has 116 valence electrons. The van der Waals surface area contributed by atoms with Crippen LogP contribution in [0.15, 0.2) is 24.3 Å². The van der Waals surface area contributed by atoms with Gasteiger partial charge in [-0.1, -0.05) is 12.1 Å². The highest BCUT2D eigenvalue weighted by molar-refractivity contribution is 5.27. The van der Waals surface area contributed by atoms with Crippen molar-refractivity contribution in [2.24, 2.45) is 5.92 Å². The minimum absolute atomic E-state index is 0.200. The van der Waals surface area contributed by atoms with Gasteiger partial charge in [-0.2, -0.15) is 0 Å². The maximum Gasteiger partial charge on any atom is 0.573 e. The van der Waals surface area contributed by atoms with Gasteiger partial charge in [0.25, 0.3) is 0 Å². The molecule has 3 aliphatic heterocycles. The van der Waals surface area contributed by atoms with Gasteiger partial charge >= 0.3 is 6.36 Å². The van der Waals surface area contributed by atoms with Gasteiger partial charge in [-0.25, -0.2) is 0 Å². The largest absolute Gasteiger partial charge is 0.573 e. The Morgan fingerprint density at radius 2 is 1.76 bits per heavy atom. The Labute approximate surface area is 121 Å². The lowest BCUT2D eigenvalue weighted by Gasteiger charge is -2.44. The van der Waals surface area contributed by atoms with Crippen LogP contribution in [0.2, 0.25) is 0 Å². The van der Waals surface area contributed by atoms with Crippen LogP contribution in [-0.4, -0.2) is 37.0 Å². The van der Waals surface area contributed by atoms with Crippen LogP contribution in [0, 0.1) is 5.92 Å². The van der Waals surface area contributed by atoms with Crippen molar-refractivity contribution in [2.75, 3.05) is 19.6 Å². The molecule has 3 saturated heterocycles. The zero-order valence-corrected chi connectivity index (χ0v) is 11.6. The van der Waals surface area contributed by atoms with Gasteiger partial charge in [0.2, 0.25) is 0 Å². The van der Waals surface area contributed by atoms with Crippen LogP contribution in [-0.2, 0) is 11.3 Å². The van der Waals surface area contributed by atoms with Crippen molar-refractivity contribution in [3.63, 3.8) is 0 Å². The average molecular weight is 301 g/mol. The third kappa shape index (κ3) is 3.89. The second kappa shape index (κ2) is 5.85. The summed E-state index contributed by atoms with van der Waals surface area (Å²) in [6.07, 6.45) is -2.03. The summed E-state index contributed by atoms with van der Waals surface area (Å²) < 4.78 is 46.0. The molecule has 0 unspecified atom stereocenters. The summed E-state index contributed by atoms with van der Waals surface area (Å²) in [5.41, 5.74) is 0.862. The summed E-state index contributed by atoms with van der Waals surface area (Å²) in [5.74, 6) is 0.428. The van der Waals surface area contributed by atoms with Crippen molar-refractivity contribution in [1.29, 1.82) is 0 Å². The number of fused-ring (bicyclic) bond motifs is 3. The number of hydrogen-bond donors (Lipinski definition) is 0. The summed E-state index contributed by atoms with van der Waals surface area (Å²) in [7, 11) is 0. The zero-order chi connectivity index (χ0) is 14.9. The number of piperidine rings is 3. The second-order valence-electron chi connectivity index (χ2n) is 5.68. The van der Waals surface area contributed by atoms with E-state index in [0.717, 1.165) is 25.2 Å². The van der Waals surface area contributed by atoms with Crippen molar-refractivity contribution in [3.8, 4) is 5.75 Å². The smallest absolute Gasteiger partial charge is 0.406 e. The Morgan fingerprint density at radius 1 is 1.10 bits per heavy atom. The third-order valence-electron chi connectivity index (χ3n) is 4.22. The normalized spacial score (nSPS) is 28.6. The number of halogens is 3. The van der Waals surface area contributed by atoms with Crippen LogP contribution in [0.1, 0.15) is 18.4 Å². The van der Waals surface area contributed by atoms with E-state index < -0.39 is 6.36 Å². The molecule has 3 fully saturated rings. The second-order valence-corrected chi connectivity index (χ2v) is 5.68. The van der Waals surface area contributed by atoms with Crippen LogP contribution >= 0.6 is 0 Å². The fourth-order valence-corrected chi connectivity index (χ4v) is 3.09. The Morgan fingerprint density at radius 3 is 2.29 bits per heavy atom. The van der Waals surface area contributed by atoms with Crippen molar-refractivity contribution >= 4 is 0 Å². The predicted molar refractivity (Wildman–Crippen MR) is 70.9 cm³/mol. The number of ether oxygens (including phenoxy) is 2. The number of hydrogen-bond acceptors (Lipinski definition) is 3. The van der Waals surface area contributed by atoms with E-state index in [-0.39, 0.29) is 11.9 Å². The van der Waals surface area contributed by atoms with Gasteiger partial charge in [0.15, 0.2) is 0 Å². The number of rotatable bonds is 4. The predicted octanol–water partition coefficient (Wildman–Crippen LogP) is 3.20. The molecule has 6 heteroatoms. The van der Waals surface area contributed by atoms with E-state index in [1.54, 1.807) is 12.1 Å². The Kier molecular flexibility index (Phi) is 4.08. The van der Waals surface area contributed by atoms with Gasteiger partial charge < -0.3 is 14.4 Å². The first kappa shape index (κ1) is 14.7. The Hall–Kier alpha value is -1.27. The van der Waals surface area contributed by atoms with E-state index in [1.165, 1.54) is 25.0 Å². The molecule has 0 saturated carbocycles. The Bertz CT molecular complexity index is 467. The molecule has 0 N–H and O–H groups in total. The van der Waals surface area contributed by atoms with Gasteiger partial charge in [0.1, 0.15) is 5.75 Å². The minimum atomic E-state index is -4.65. The number of benzene rings is 1. The molecule has 1 aromatic rings. The SMILES string of the molecule is FC(F)(F)Oc1ccc(CO[C@H]2CN3CCC2CC3)cc1. The monoisotopic (exact) mass is 301 g/mol. The first-order valence-electron chi connectivity index (χ1n) is 7.18. The summed E-state index contributed by atoms with van der Waals surface area (Å²) in [6.45, 7) is 3.73. The maximum atomic E-state index is 12.1. The first-order valence-corrected chi connectivity index (χ1v) is 7.18. The molecule has 2 bridgehead atoms. The van der Waals surface area contributed by atoms with Gasteiger partial charge in [-0.05, 0) is 49.5 Å². The topological polar surface area (TPSA) is 21.7 Å². The van der Waals surface area contributed by atoms with Crippen LogP contribution in [0.25, 0.3) is 0 Å². The fourth-order valence-electron chi connectivity index (χ4n) is 3.09. The maximum absolute atomic E-state index is 12.1. The zero-order valence-electron chi connectivity index (χ0n) is 11.6. The molecule has 1 atom stereocenters. The fraction of sp³-hybridized carbons (Fsp3) is 0.600. The molecule has 3 aliphatic rings. The lowest BCUT2D eigenvalue weighted by atomic mass is 9.86.